The summed E-state index contributed by atoms with van der Waals surface area (Å²) in [6, 6.07) is 22.1. The van der Waals surface area contributed by atoms with Gasteiger partial charge in [-0.3, -0.25) is 9.59 Å². The van der Waals surface area contributed by atoms with E-state index in [1.54, 1.807) is 0 Å². The van der Waals surface area contributed by atoms with Crippen LogP contribution in [0, 0.1) is 0 Å². The Kier molecular flexibility index (Phi) is 10.1. The first-order valence-electron chi connectivity index (χ1n) is 16.7. The van der Waals surface area contributed by atoms with Crippen molar-refractivity contribution in [1.29, 1.82) is 0 Å². The predicted octanol–water partition coefficient (Wildman–Crippen LogP) is 4.63. The monoisotopic (exact) mass is 627 g/mol. The Morgan fingerprint density at radius 1 is 0.911 bits per heavy atom. The number of anilines is 1. The number of halogens is 1. The van der Waals surface area contributed by atoms with Crippen LogP contribution in [0.25, 0.3) is 0 Å². The molecule has 1 aliphatic carbocycles. The van der Waals surface area contributed by atoms with Gasteiger partial charge in [0.05, 0.1) is 6.04 Å². The highest BCUT2D eigenvalue weighted by molar-refractivity contribution is 6.30. The Balaban J connectivity index is 1.14. The van der Waals surface area contributed by atoms with Gasteiger partial charge in [0.1, 0.15) is 6.04 Å². The van der Waals surface area contributed by atoms with Gasteiger partial charge in [0.2, 0.25) is 11.8 Å². The summed E-state index contributed by atoms with van der Waals surface area (Å²) >= 11 is 6.15. The van der Waals surface area contributed by atoms with Gasteiger partial charge in [-0.1, -0.05) is 74.0 Å². The van der Waals surface area contributed by atoms with Crippen molar-refractivity contribution in [2.45, 2.75) is 70.6 Å². The lowest BCUT2D eigenvalue weighted by molar-refractivity contribution is -0.137. The molecule has 3 aliphatic rings. The minimum atomic E-state index is -0.650. The zero-order chi connectivity index (χ0) is 31.3. The van der Waals surface area contributed by atoms with E-state index in [4.69, 9.17) is 11.6 Å². The molecular formula is C37H46ClN5O2. The van der Waals surface area contributed by atoms with Crippen molar-refractivity contribution in [3.05, 3.63) is 99.6 Å². The van der Waals surface area contributed by atoms with Crippen LogP contribution in [0.3, 0.4) is 0 Å². The molecule has 1 saturated heterocycles. The van der Waals surface area contributed by atoms with E-state index in [9.17, 15) is 9.59 Å². The summed E-state index contributed by atoms with van der Waals surface area (Å²) in [6.07, 6.45) is 4.45. The molecule has 1 fully saturated rings. The standard InChI is InChI=1S/C37H46ClN5O2/c1-3-41(4-2)31-17-14-27-10-7-11-35(32(27)24-31)42-18-20-43(21-19-42)37(45)34(22-26-12-15-30(38)16-13-26)40-36(44)33-23-28-8-5-6-9-29(28)25-39-33/h5-13,15-16,31,33-34,39H,3-4,14,17-25H2,1-2H3,(H,40,44)/t31-,33-,34-/m1/s1. The highest BCUT2D eigenvalue weighted by atomic mass is 35.5. The molecular weight excluding hydrogens is 582 g/mol. The van der Waals surface area contributed by atoms with Crippen molar-refractivity contribution in [3.63, 3.8) is 0 Å². The van der Waals surface area contributed by atoms with Gasteiger partial charge in [0.15, 0.2) is 0 Å². The van der Waals surface area contributed by atoms with Gasteiger partial charge in [-0.2, -0.15) is 0 Å². The van der Waals surface area contributed by atoms with E-state index >= 15 is 0 Å². The molecule has 0 aromatic heterocycles. The minimum absolute atomic E-state index is 0.0224. The van der Waals surface area contributed by atoms with Gasteiger partial charge < -0.3 is 25.3 Å². The molecule has 0 spiro atoms. The van der Waals surface area contributed by atoms with Crippen molar-refractivity contribution < 1.29 is 9.59 Å². The van der Waals surface area contributed by atoms with Crippen molar-refractivity contribution >= 4 is 29.1 Å². The highest BCUT2D eigenvalue weighted by Crippen LogP contribution is 2.33. The number of benzene rings is 3. The number of nitrogens with zero attached hydrogens (tertiary/aromatic N) is 3. The maximum Gasteiger partial charge on any atom is 0.245 e. The minimum Gasteiger partial charge on any atom is -0.368 e. The number of hydrogen-bond acceptors (Lipinski definition) is 5. The second-order valence-corrected chi connectivity index (χ2v) is 13.1. The molecule has 3 aromatic carbocycles. The second kappa shape index (κ2) is 14.4. The Morgan fingerprint density at radius 3 is 2.36 bits per heavy atom. The number of amides is 2. The van der Waals surface area contributed by atoms with Crippen LogP contribution >= 0.6 is 11.6 Å². The van der Waals surface area contributed by atoms with Crippen molar-refractivity contribution in [3.8, 4) is 0 Å². The number of rotatable bonds is 9. The van der Waals surface area contributed by atoms with Crippen molar-refractivity contribution in [2.24, 2.45) is 0 Å². The van der Waals surface area contributed by atoms with Gasteiger partial charge in [0.25, 0.3) is 0 Å². The Labute approximate surface area is 272 Å². The molecule has 0 bridgehead atoms. The summed E-state index contributed by atoms with van der Waals surface area (Å²) in [4.78, 5) is 34.6. The lowest BCUT2D eigenvalue weighted by Gasteiger charge is -2.40. The molecule has 7 nitrogen and oxygen atoms in total. The van der Waals surface area contributed by atoms with Gasteiger partial charge in [-0.25, -0.2) is 0 Å². The van der Waals surface area contributed by atoms with E-state index in [0.29, 0.717) is 43.5 Å². The first-order chi connectivity index (χ1) is 21.9. The van der Waals surface area contributed by atoms with Crippen molar-refractivity contribution in [1.82, 2.24) is 20.4 Å². The molecule has 0 saturated carbocycles. The number of likely N-dealkylation sites (N-methyl/N-ethyl adjacent to an activating group) is 1. The van der Waals surface area contributed by atoms with Crippen LogP contribution in [0.4, 0.5) is 5.69 Å². The number of nitrogens with one attached hydrogen (secondary N) is 2. The number of piperazine rings is 1. The van der Waals surface area contributed by atoms with Crippen LogP contribution in [-0.2, 0) is 41.8 Å². The third-order valence-electron chi connectivity index (χ3n) is 10.1. The molecule has 6 rings (SSSR count). The van der Waals surface area contributed by atoms with Gasteiger partial charge in [-0.15, -0.1) is 0 Å². The summed E-state index contributed by atoms with van der Waals surface area (Å²) < 4.78 is 0. The molecule has 3 aromatic rings. The zero-order valence-electron chi connectivity index (χ0n) is 26.6. The zero-order valence-corrected chi connectivity index (χ0v) is 27.4. The van der Waals surface area contributed by atoms with Crippen LogP contribution in [0.15, 0.2) is 66.7 Å². The number of fused-ring (bicyclic) bond motifs is 2. The van der Waals surface area contributed by atoms with Crippen LogP contribution in [0.5, 0.6) is 0 Å². The van der Waals surface area contributed by atoms with Crippen molar-refractivity contribution in [2.75, 3.05) is 44.2 Å². The first kappa shape index (κ1) is 31.6. The van der Waals surface area contributed by atoms with E-state index in [1.165, 1.54) is 34.4 Å². The molecule has 45 heavy (non-hydrogen) atoms. The number of carbonyl (C=O) groups excluding carboxylic acids is 2. The molecule has 2 N–H and O–H groups in total. The van der Waals surface area contributed by atoms with Crippen LogP contribution in [0.1, 0.15) is 48.1 Å². The van der Waals surface area contributed by atoms with Gasteiger partial charge in [-0.05, 0) is 84.8 Å². The van der Waals surface area contributed by atoms with E-state index in [-0.39, 0.29) is 17.9 Å². The molecule has 2 heterocycles. The Morgan fingerprint density at radius 2 is 1.62 bits per heavy atom. The summed E-state index contributed by atoms with van der Waals surface area (Å²) in [5.74, 6) is -0.153. The average Bonchev–Trinajstić information content (AvgIpc) is 3.08. The van der Waals surface area contributed by atoms with E-state index in [0.717, 1.165) is 44.6 Å². The molecule has 2 aliphatic heterocycles. The fraction of sp³-hybridized carbons (Fsp3) is 0.459. The number of carbonyl (C=O) groups is 2. The van der Waals surface area contributed by atoms with Crippen LogP contribution in [-0.4, -0.2) is 79.0 Å². The maximum atomic E-state index is 14.1. The fourth-order valence-electron chi connectivity index (χ4n) is 7.46. The lowest BCUT2D eigenvalue weighted by Crippen LogP contribution is -2.58. The summed E-state index contributed by atoms with van der Waals surface area (Å²) in [5.41, 5.74) is 7.65. The third kappa shape index (κ3) is 7.21. The Hall–Kier alpha value is -3.39. The summed E-state index contributed by atoms with van der Waals surface area (Å²) in [5, 5.41) is 7.17. The molecule has 0 unspecified atom stereocenters. The Bertz CT molecular complexity index is 1480. The quantitative estimate of drug-likeness (QED) is 0.362. The predicted molar refractivity (Wildman–Crippen MR) is 182 cm³/mol. The smallest absolute Gasteiger partial charge is 0.245 e. The fourth-order valence-corrected chi connectivity index (χ4v) is 7.58. The normalized spacial score (nSPS) is 20.4. The molecule has 0 radical (unpaired) electrons. The van der Waals surface area contributed by atoms with E-state index in [1.807, 2.05) is 41.3 Å². The summed E-state index contributed by atoms with van der Waals surface area (Å²) in [6.45, 7) is 10.1. The molecule has 2 amide bonds. The summed E-state index contributed by atoms with van der Waals surface area (Å²) in [7, 11) is 0. The lowest BCUT2D eigenvalue weighted by atomic mass is 9.86. The van der Waals surface area contributed by atoms with Gasteiger partial charge in [0, 0.05) is 55.9 Å². The van der Waals surface area contributed by atoms with Crippen LogP contribution < -0.4 is 15.5 Å². The highest BCUT2D eigenvalue weighted by Gasteiger charge is 2.33. The van der Waals surface area contributed by atoms with E-state index < -0.39 is 6.04 Å². The maximum absolute atomic E-state index is 14.1. The first-order valence-corrected chi connectivity index (χ1v) is 17.0. The van der Waals surface area contributed by atoms with Crippen LogP contribution in [0.2, 0.25) is 5.02 Å². The molecule has 238 valence electrons. The largest absolute Gasteiger partial charge is 0.368 e. The molecule has 3 atom stereocenters. The second-order valence-electron chi connectivity index (χ2n) is 12.6. The third-order valence-corrected chi connectivity index (χ3v) is 10.3. The average molecular weight is 628 g/mol. The topological polar surface area (TPSA) is 67.9 Å². The number of hydrogen-bond donors (Lipinski definition) is 2. The van der Waals surface area contributed by atoms with Gasteiger partial charge >= 0.3 is 0 Å². The number of aryl methyl sites for hydroxylation is 1. The molecule has 8 heteroatoms. The SMILES string of the molecule is CCN(CC)[C@@H]1CCc2cccc(N3CCN(C(=O)[C@@H](Cc4ccc(Cl)cc4)NC(=O)[C@H]4Cc5ccccc5CN4)CC3)c2C1. The van der Waals surface area contributed by atoms with E-state index in [2.05, 4.69) is 64.6 Å².